The molecule has 0 radical (unpaired) electrons. The molecule has 0 spiro atoms. The first kappa shape index (κ1) is 18.3. The Morgan fingerprint density at radius 2 is 2.16 bits per heavy atom. The van der Waals surface area contributed by atoms with E-state index in [1.807, 2.05) is 11.9 Å². The molecule has 1 aliphatic carbocycles. The summed E-state index contributed by atoms with van der Waals surface area (Å²) in [5.41, 5.74) is 0.630. The molecule has 2 aromatic heterocycles. The summed E-state index contributed by atoms with van der Waals surface area (Å²) in [5.74, 6) is 0.554. The van der Waals surface area contributed by atoms with E-state index in [0.717, 1.165) is 35.4 Å². The highest BCUT2D eigenvalue weighted by molar-refractivity contribution is 14.1. The second-order valence-electron chi connectivity index (χ2n) is 6.59. The van der Waals surface area contributed by atoms with Crippen LogP contribution in [0.15, 0.2) is 10.7 Å². The lowest BCUT2D eigenvalue weighted by molar-refractivity contribution is 0.0918. The molecule has 1 saturated carbocycles. The summed E-state index contributed by atoms with van der Waals surface area (Å²) in [6.07, 6.45) is 3.05. The minimum absolute atomic E-state index is 0.00344. The van der Waals surface area contributed by atoms with Crippen LogP contribution in [0.25, 0.3) is 11.1 Å². The van der Waals surface area contributed by atoms with E-state index in [-0.39, 0.29) is 12.1 Å². The zero-order valence-electron chi connectivity index (χ0n) is 14.2. The maximum atomic E-state index is 12.9. The molecule has 1 fully saturated rings. The standard InChI is InChI=1S/C16H19F2IN4O2/c1-9-10(13(24)20-7-6-16(17,18)19)11-12(21-8-22-14(11)25-9)23(3)15(2)4-5-15/h8H,4-7H2,1-3H3,(H,20,24). The van der Waals surface area contributed by atoms with E-state index in [2.05, 4.69) is 22.2 Å². The molecule has 0 unspecified atom stereocenters. The number of nitrogens with zero attached hydrogens (tertiary/aromatic N) is 3. The number of hydrogen-bond donors (Lipinski definition) is 1. The van der Waals surface area contributed by atoms with E-state index in [1.54, 1.807) is 6.92 Å². The van der Waals surface area contributed by atoms with Crippen LogP contribution < -0.4 is 10.2 Å². The van der Waals surface area contributed by atoms with Gasteiger partial charge in [-0.2, -0.15) is 8.78 Å². The van der Waals surface area contributed by atoms with Gasteiger partial charge in [-0.25, -0.2) is 9.97 Å². The van der Waals surface area contributed by atoms with Crippen molar-refractivity contribution in [3.05, 3.63) is 17.7 Å². The predicted octanol–water partition coefficient (Wildman–Crippen LogP) is 3.67. The molecule has 9 heteroatoms. The molecular formula is C16H19F2IN4O2. The van der Waals surface area contributed by atoms with Gasteiger partial charge in [0, 0.05) is 25.6 Å². The fourth-order valence-electron chi connectivity index (χ4n) is 2.73. The van der Waals surface area contributed by atoms with Gasteiger partial charge < -0.3 is 14.6 Å². The van der Waals surface area contributed by atoms with Crippen LogP contribution in [0, 0.1) is 6.92 Å². The van der Waals surface area contributed by atoms with E-state index in [1.165, 1.54) is 6.33 Å². The number of furan rings is 1. The fourth-order valence-corrected chi connectivity index (χ4v) is 3.00. The van der Waals surface area contributed by atoms with Crippen LogP contribution >= 0.6 is 22.6 Å². The van der Waals surface area contributed by atoms with Crippen LogP contribution in [-0.4, -0.2) is 38.9 Å². The number of rotatable bonds is 6. The molecule has 2 heterocycles. The number of amides is 1. The van der Waals surface area contributed by atoms with Crippen LogP contribution in [0.5, 0.6) is 0 Å². The highest BCUT2D eigenvalue weighted by Crippen LogP contribution is 2.44. The van der Waals surface area contributed by atoms with Crippen molar-refractivity contribution in [1.82, 2.24) is 15.3 Å². The molecule has 0 bridgehead atoms. The van der Waals surface area contributed by atoms with Crippen molar-refractivity contribution in [2.75, 3.05) is 18.5 Å². The van der Waals surface area contributed by atoms with Gasteiger partial charge in [-0.05, 0) is 49.3 Å². The molecule has 0 atom stereocenters. The first-order valence-corrected chi connectivity index (χ1v) is 9.03. The van der Waals surface area contributed by atoms with E-state index < -0.39 is 16.3 Å². The quantitative estimate of drug-likeness (QED) is 0.522. The van der Waals surface area contributed by atoms with Crippen LogP contribution in [0.2, 0.25) is 0 Å². The predicted molar refractivity (Wildman–Crippen MR) is 98.5 cm³/mol. The van der Waals surface area contributed by atoms with E-state index in [4.69, 9.17) is 4.42 Å². The SMILES string of the molecule is Cc1oc2ncnc(N(C)C3(C)CC3)c2c1C(=O)NCCC(F)(F)I. The number of alkyl halides is 3. The first-order chi connectivity index (χ1) is 11.6. The van der Waals surface area contributed by atoms with Crippen molar-refractivity contribution in [3.63, 3.8) is 0 Å². The molecule has 25 heavy (non-hydrogen) atoms. The molecule has 6 nitrogen and oxygen atoms in total. The fraction of sp³-hybridized carbons (Fsp3) is 0.562. The second kappa shape index (κ2) is 6.33. The first-order valence-electron chi connectivity index (χ1n) is 7.95. The maximum Gasteiger partial charge on any atom is 0.298 e. The maximum absolute atomic E-state index is 12.9. The van der Waals surface area contributed by atoms with Gasteiger partial charge in [0.15, 0.2) is 0 Å². The largest absolute Gasteiger partial charge is 0.442 e. The Labute approximate surface area is 157 Å². The van der Waals surface area contributed by atoms with Gasteiger partial charge >= 0.3 is 0 Å². The third kappa shape index (κ3) is 3.70. The van der Waals surface area contributed by atoms with Crippen molar-refractivity contribution < 1.29 is 18.0 Å². The molecule has 2 aromatic rings. The minimum Gasteiger partial charge on any atom is -0.442 e. The summed E-state index contributed by atoms with van der Waals surface area (Å²) in [6.45, 7) is 3.65. The lowest BCUT2D eigenvalue weighted by atomic mass is 10.1. The minimum atomic E-state index is -2.85. The average molecular weight is 464 g/mol. The van der Waals surface area contributed by atoms with Crippen LogP contribution in [0.1, 0.15) is 42.3 Å². The molecular weight excluding hydrogens is 445 g/mol. The lowest BCUT2D eigenvalue weighted by Crippen LogP contribution is -2.32. The van der Waals surface area contributed by atoms with Crippen molar-refractivity contribution in [3.8, 4) is 0 Å². The molecule has 136 valence electrons. The number of aromatic nitrogens is 2. The van der Waals surface area contributed by atoms with Crippen molar-refractivity contribution >= 4 is 45.4 Å². The van der Waals surface area contributed by atoms with Gasteiger partial charge in [0.05, 0.1) is 10.9 Å². The molecule has 0 aliphatic heterocycles. The monoisotopic (exact) mass is 464 g/mol. The van der Waals surface area contributed by atoms with Crippen LogP contribution in [-0.2, 0) is 0 Å². The molecule has 3 rings (SSSR count). The number of fused-ring (bicyclic) bond motifs is 1. The van der Waals surface area contributed by atoms with Gasteiger partial charge in [-0.1, -0.05) is 0 Å². The highest BCUT2D eigenvalue weighted by atomic mass is 127. The van der Waals surface area contributed by atoms with E-state index >= 15 is 0 Å². The Morgan fingerprint density at radius 3 is 2.76 bits per heavy atom. The number of anilines is 1. The summed E-state index contributed by atoms with van der Waals surface area (Å²) in [7, 11) is 1.93. The Kier molecular flexibility index (Phi) is 4.63. The third-order valence-electron chi connectivity index (χ3n) is 4.67. The Bertz CT molecular complexity index is 814. The Morgan fingerprint density at radius 1 is 1.48 bits per heavy atom. The number of carbonyl (C=O) groups is 1. The smallest absolute Gasteiger partial charge is 0.298 e. The zero-order chi connectivity index (χ0) is 18.4. The van der Waals surface area contributed by atoms with Crippen LogP contribution in [0.3, 0.4) is 0 Å². The molecule has 1 amide bonds. The molecule has 0 saturated heterocycles. The summed E-state index contributed by atoms with van der Waals surface area (Å²) >= 11 is 1.06. The summed E-state index contributed by atoms with van der Waals surface area (Å²) < 4.78 is 28.6. The van der Waals surface area contributed by atoms with Crippen LogP contribution in [0.4, 0.5) is 14.6 Å². The summed E-state index contributed by atoms with van der Waals surface area (Å²) in [4.78, 5) is 23.1. The van der Waals surface area contributed by atoms with Crippen molar-refractivity contribution in [2.45, 2.75) is 42.6 Å². The van der Waals surface area contributed by atoms with Gasteiger partial charge in [-0.15, -0.1) is 0 Å². The van der Waals surface area contributed by atoms with E-state index in [0.29, 0.717) is 28.2 Å². The summed E-state index contributed by atoms with van der Waals surface area (Å²) in [6, 6.07) is 0. The van der Waals surface area contributed by atoms with Gasteiger partial charge in [0.1, 0.15) is 17.9 Å². The van der Waals surface area contributed by atoms with Gasteiger partial charge in [-0.3, -0.25) is 4.79 Å². The second-order valence-corrected chi connectivity index (χ2v) is 8.17. The number of halogens is 3. The highest BCUT2D eigenvalue weighted by Gasteiger charge is 2.43. The number of carbonyl (C=O) groups excluding carboxylic acids is 1. The number of hydrogen-bond acceptors (Lipinski definition) is 5. The van der Waals surface area contributed by atoms with Crippen molar-refractivity contribution in [1.29, 1.82) is 0 Å². The van der Waals surface area contributed by atoms with Gasteiger partial charge in [0.2, 0.25) is 5.71 Å². The normalized spacial score (nSPS) is 16.1. The third-order valence-corrected chi connectivity index (χ3v) is 5.21. The number of aryl methyl sites for hydroxylation is 1. The van der Waals surface area contributed by atoms with E-state index in [9.17, 15) is 13.6 Å². The molecule has 0 aromatic carbocycles. The average Bonchev–Trinajstić information content (AvgIpc) is 3.16. The van der Waals surface area contributed by atoms with Crippen molar-refractivity contribution in [2.24, 2.45) is 0 Å². The zero-order valence-corrected chi connectivity index (χ0v) is 16.4. The number of nitrogens with one attached hydrogen (secondary N) is 1. The Hall–Kier alpha value is -1.52. The van der Waals surface area contributed by atoms with Gasteiger partial charge in [0.25, 0.3) is 9.84 Å². The summed E-state index contributed by atoms with van der Waals surface area (Å²) in [5, 5.41) is 3.06. The Balaban J connectivity index is 1.94. The molecule has 1 aliphatic rings. The molecule has 1 N–H and O–H groups in total. The lowest BCUT2D eigenvalue weighted by Gasteiger charge is -2.26. The topological polar surface area (TPSA) is 71.3 Å².